The molecule has 1 aromatic rings. The van der Waals surface area contributed by atoms with Crippen LogP contribution in [0.1, 0.15) is 30.0 Å². The van der Waals surface area contributed by atoms with Gasteiger partial charge in [-0.15, -0.1) is 0 Å². The Hall–Kier alpha value is -1.69. The maximum Gasteiger partial charge on any atom is 0.387 e. The summed E-state index contributed by atoms with van der Waals surface area (Å²) >= 11 is 0. The van der Waals surface area contributed by atoms with Gasteiger partial charge in [0.05, 0.1) is 5.92 Å². The Bertz CT molecular complexity index is 577. The molecule has 2 rings (SSSR count). The maximum absolute atomic E-state index is 12.6. The number of ether oxygens (including phenoxy) is 1. The number of benzene rings is 1. The smallest absolute Gasteiger partial charge is 0.387 e. The van der Waals surface area contributed by atoms with Crippen molar-refractivity contribution in [2.45, 2.75) is 40.3 Å². The van der Waals surface area contributed by atoms with Crippen LogP contribution < -0.4 is 4.74 Å². The second-order valence-corrected chi connectivity index (χ2v) is 6.49. The van der Waals surface area contributed by atoms with Crippen LogP contribution >= 0.6 is 0 Å². The lowest BCUT2D eigenvalue weighted by Crippen LogP contribution is -2.42. The van der Waals surface area contributed by atoms with E-state index in [0.29, 0.717) is 25.1 Å². The topological polar surface area (TPSA) is 49.8 Å². The number of hydrogen-bond acceptors (Lipinski definition) is 3. The molecule has 2 atom stereocenters. The van der Waals surface area contributed by atoms with E-state index in [0.717, 1.165) is 17.7 Å². The highest BCUT2D eigenvalue weighted by Gasteiger charge is 2.30. The fourth-order valence-electron chi connectivity index (χ4n) is 3.19. The molecule has 1 heterocycles. The van der Waals surface area contributed by atoms with Gasteiger partial charge in [-0.25, -0.2) is 0 Å². The highest BCUT2D eigenvalue weighted by atomic mass is 19.3. The summed E-state index contributed by atoms with van der Waals surface area (Å²) in [6.07, 6.45) is 0.652. The molecule has 128 valence electrons. The molecule has 0 spiro atoms. The third kappa shape index (κ3) is 4.64. The summed E-state index contributed by atoms with van der Waals surface area (Å²) in [6, 6.07) is 3.47. The van der Waals surface area contributed by atoms with Gasteiger partial charge in [-0.1, -0.05) is 13.0 Å². The number of carboxylic acids is 1. The first-order chi connectivity index (χ1) is 10.8. The second kappa shape index (κ2) is 7.25. The number of aryl methyl sites for hydroxylation is 2. The number of carboxylic acid groups (broad SMARTS) is 1. The number of alkyl halides is 2. The molecule has 6 heteroatoms. The van der Waals surface area contributed by atoms with Crippen molar-refractivity contribution in [2.75, 3.05) is 13.1 Å². The minimum atomic E-state index is -2.87. The molecule has 1 fully saturated rings. The third-order valence-corrected chi connectivity index (χ3v) is 4.37. The van der Waals surface area contributed by atoms with Crippen molar-refractivity contribution in [3.8, 4) is 5.75 Å². The van der Waals surface area contributed by atoms with Gasteiger partial charge in [0.2, 0.25) is 0 Å². The number of rotatable bonds is 5. The number of aliphatic carboxylic acids is 1. The number of piperidine rings is 1. The normalized spacial score (nSPS) is 22.3. The quantitative estimate of drug-likeness (QED) is 0.900. The Kier molecular flexibility index (Phi) is 5.57. The summed E-state index contributed by atoms with van der Waals surface area (Å²) in [7, 11) is 0. The number of nitrogens with zero attached hydrogens (tertiary/aromatic N) is 1. The van der Waals surface area contributed by atoms with Gasteiger partial charge in [0.15, 0.2) is 0 Å². The molecule has 1 aliphatic heterocycles. The van der Waals surface area contributed by atoms with Gasteiger partial charge in [-0.2, -0.15) is 8.78 Å². The largest absolute Gasteiger partial charge is 0.481 e. The molecule has 2 unspecified atom stereocenters. The van der Waals surface area contributed by atoms with E-state index >= 15 is 0 Å². The van der Waals surface area contributed by atoms with Crippen LogP contribution in [0.15, 0.2) is 12.1 Å². The Morgan fingerprint density at radius 2 is 2.00 bits per heavy atom. The van der Waals surface area contributed by atoms with Gasteiger partial charge in [0.25, 0.3) is 0 Å². The zero-order valence-electron chi connectivity index (χ0n) is 13.7. The Labute approximate surface area is 135 Å². The summed E-state index contributed by atoms with van der Waals surface area (Å²) < 4.78 is 29.9. The van der Waals surface area contributed by atoms with Gasteiger partial charge < -0.3 is 9.84 Å². The average molecular weight is 327 g/mol. The van der Waals surface area contributed by atoms with Crippen LogP contribution in [0.25, 0.3) is 0 Å². The lowest BCUT2D eigenvalue weighted by molar-refractivity contribution is -0.144. The number of halogens is 2. The standard InChI is InChI=1S/C17H23F2NO3/c1-10-4-14(16(21)22)9-20(7-10)8-13-5-11(2)12(3)6-15(13)23-17(18)19/h5-6,10,14,17H,4,7-9H2,1-3H3,(H,21,22). The van der Waals surface area contributed by atoms with Crippen LogP contribution in [0.5, 0.6) is 5.75 Å². The highest BCUT2D eigenvalue weighted by molar-refractivity contribution is 5.70. The van der Waals surface area contributed by atoms with Crippen molar-refractivity contribution < 1.29 is 23.4 Å². The SMILES string of the molecule is Cc1cc(CN2CC(C)CC(C(=O)O)C2)c(OC(F)F)cc1C. The first-order valence-corrected chi connectivity index (χ1v) is 7.76. The Balaban J connectivity index is 2.20. The molecule has 1 aliphatic rings. The first-order valence-electron chi connectivity index (χ1n) is 7.76. The Morgan fingerprint density at radius 3 is 2.61 bits per heavy atom. The lowest BCUT2D eigenvalue weighted by atomic mass is 9.90. The second-order valence-electron chi connectivity index (χ2n) is 6.49. The molecule has 0 amide bonds. The molecule has 23 heavy (non-hydrogen) atoms. The lowest BCUT2D eigenvalue weighted by Gasteiger charge is -2.35. The minimum Gasteiger partial charge on any atom is -0.481 e. The van der Waals surface area contributed by atoms with Crippen LogP contribution in [-0.4, -0.2) is 35.7 Å². The number of hydrogen-bond donors (Lipinski definition) is 1. The van der Waals surface area contributed by atoms with Crippen molar-refractivity contribution >= 4 is 5.97 Å². The summed E-state index contributed by atoms with van der Waals surface area (Å²) in [5, 5.41) is 9.24. The van der Waals surface area contributed by atoms with Crippen LogP contribution in [-0.2, 0) is 11.3 Å². The van der Waals surface area contributed by atoms with E-state index in [4.69, 9.17) is 0 Å². The third-order valence-electron chi connectivity index (χ3n) is 4.37. The van der Waals surface area contributed by atoms with Gasteiger partial charge in [-0.05, 0) is 43.4 Å². The van der Waals surface area contributed by atoms with Crippen LogP contribution in [0.2, 0.25) is 0 Å². The molecule has 1 saturated heterocycles. The molecule has 0 radical (unpaired) electrons. The van der Waals surface area contributed by atoms with Crippen molar-refractivity contribution in [3.05, 3.63) is 28.8 Å². The first kappa shape index (κ1) is 17.7. The van der Waals surface area contributed by atoms with E-state index in [9.17, 15) is 18.7 Å². The van der Waals surface area contributed by atoms with Crippen LogP contribution in [0.3, 0.4) is 0 Å². The van der Waals surface area contributed by atoms with E-state index < -0.39 is 18.5 Å². The number of likely N-dealkylation sites (tertiary alicyclic amines) is 1. The average Bonchev–Trinajstić information content (AvgIpc) is 2.43. The van der Waals surface area contributed by atoms with Crippen molar-refractivity contribution in [1.29, 1.82) is 0 Å². The molecule has 0 aromatic heterocycles. The van der Waals surface area contributed by atoms with E-state index in [2.05, 4.69) is 4.74 Å². The molecule has 1 aromatic carbocycles. The zero-order valence-corrected chi connectivity index (χ0v) is 13.7. The van der Waals surface area contributed by atoms with E-state index in [1.807, 2.05) is 31.7 Å². The van der Waals surface area contributed by atoms with Crippen LogP contribution in [0, 0.1) is 25.7 Å². The zero-order chi connectivity index (χ0) is 17.1. The predicted molar refractivity (Wildman–Crippen MR) is 82.7 cm³/mol. The van der Waals surface area contributed by atoms with Crippen molar-refractivity contribution in [2.24, 2.45) is 11.8 Å². The molecular weight excluding hydrogens is 304 g/mol. The number of carbonyl (C=O) groups is 1. The highest BCUT2D eigenvalue weighted by Crippen LogP contribution is 2.29. The minimum absolute atomic E-state index is 0.174. The molecule has 0 saturated carbocycles. The summed E-state index contributed by atoms with van der Waals surface area (Å²) in [5.41, 5.74) is 2.56. The molecule has 0 bridgehead atoms. The molecule has 4 nitrogen and oxygen atoms in total. The molecular formula is C17H23F2NO3. The van der Waals surface area contributed by atoms with Crippen LogP contribution in [0.4, 0.5) is 8.78 Å². The van der Waals surface area contributed by atoms with Gasteiger partial charge in [0.1, 0.15) is 5.75 Å². The Morgan fingerprint density at radius 1 is 1.35 bits per heavy atom. The van der Waals surface area contributed by atoms with E-state index in [1.54, 1.807) is 6.07 Å². The van der Waals surface area contributed by atoms with E-state index in [1.165, 1.54) is 0 Å². The predicted octanol–water partition coefficient (Wildman–Crippen LogP) is 3.45. The monoisotopic (exact) mass is 327 g/mol. The molecule has 1 N–H and O–H groups in total. The van der Waals surface area contributed by atoms with Crippen molar-refractivity contribution in [1.82, 2.24) is 4.90 Å². The van der Waals surface area contributed by atoms with Gasteiger partial charge >= 0.3 is 12.6 Å². The summed E-state index contributed by atoms with van der Waals surface area (Å²) in [5.74, 6) is -0.778. The van der Waals surface area contributed by atoms with E-state index in [-0.39, 0.29) is 11.7 Å². The molecule has 0 aliphatic carbocycles. The van der Waals surface area contributed by atoms with Gasteiger partial charge in [0, 0.05) is 25.2 Å². The van der Waals surface area contributed by atoms with Gasteiger partial charge in [-0.3, -0.25) is 9.69 Å². The van der Waals surface area contributed by atoms with Crippen molar-refractivity contribution in [3.63, 3.8) is 0 Å². The summed E-state index contributed by atoms with van der Waals surface area (Å²) in [6.45, 7) is 4.51. The fourth-order valence-corrected chi connectivity index (χ4v) is 3.19. The fraction of sp³-hybridized carbons (Fsp3) is 0.588. The summed E-state index contributed by atoms with van der Waals surface area (Å²) in [4.78, 5) is 13.3. The maximum atomic E-state index is 12.6.